The van der Waals surface area contributed by atoms with Gasteiger partial charge in [0.1, 0.15) is 11.9 Å². The SMILES string of the molecule is CCCCNc1ccc(N=Nc2scc[n+]2C)cc1. The second-order valence-corrected chi connectivity index (χ2v) is 5.20. The predicted octanol–water partition coefficient (Wildman–Crippen LogP) is 4.20. The Kier molecular flexibility index (Phi) is 5.03. The number of hydrogen-bond donors (Lipinski definition) is 1. The zero-order valence-electron chi connectivity index (χ0n) is 11.3. The number of rotatable bonds is 6. The molecule has 1 aromatic carbocycles. The number of nitrogens with one attached hydrogen (secondary N) is 1. The molecule has 0 bridgehead atoms. The van der Waals surface area contributed by atoms with E-state index in [-0.39, 0.29) is 0 Å². The van der Waals surface area contributed by atoms with Crippen LogP contribution in [-0.4, -0.2) is 6.54 Å². The summed E-state index contributed by atoms with van der Waals surface area (Å²) in [4.78, 5) is 0. The number of unbranched alkanes of at least 4 members (excludes halogenated alkanes) is 1. The summed E-state index contributed by atoms with van der Waals surface area (Å²) in [6.45, 7) is 3.21. The van der Waals surface area contributed by atoms with E-state index < -0.39 is 0 Å². The van der Waals surface area contributed by atoms with Gasteiger partial charge >= 0.3 is 5.13 Å². The predicted molar refractivity (Wildman–Crippen MR) is 79.5 cm³/mol. The summed E-state index contributed by atoms with van der Waals surface area (Å²) in [6, 6.07) is 8.04. The van der Waals surface area contributed by atoms with Crippen molar-refractivity contribution in [3.05, 3.63) is 35.8 Å². The number of thiazole rings is 1. The Hall–Kier alpha value is -1.75. The molecule has 1 aromatic heterocycles. The topological polar surface area (TPSA) is 40.6 Å². The number of anilines is 1. The van der Waals surface area contributed by atoms with Crippen LogP contribution in [0.2, 0.25) is 0 Å². The highest BCUT2D eigenvalue weighted by Gasteiger charge is 2.06. The van der Waals surface area contributed by atoms with Crippen molar-refractivity contribution in [2.45, 2.75) is 19.8 Å². The molecule has 1 heterocycles. The fraction of sp³-hybridized carbons (Fsp3) is 0.357. The van der Waals surface area contributed by atoms with Crippen LogP contribution in [0, 0.1) is 0 Å². The van der Waals surface area contributed by atoms with E-state index in [0.717, 1.165) is 23.1 Å². The zero-order valence-corrected chi connectivity index (χ0v) is 12.2. The lowest BCUT2D eigenvalue weighted by Crippen LogP contribution is -2.23. The van der Waals surface area contributed by atoms with Gasteiger partial charge in [-0.15, -0.1) is 0 Å². The molecule has 1 N–H and O–H groups in total. The lowest BCUT2D eigenvalue weighted by atomic mass is 10.2. The number of nitrogens with zero attached hydrogens (tertiary/aromatic N) is 3. The summed E-state index contributed by atoms with van der Waals surface area (Å²) >= 11 is 1.58. The van der Waals surface area contributed by atoms with Crippen molar-refractivity contribution < 1.29 is 4.57 Å². The Morgan fingerprint density at radius 1 is 1.21 bits per heavy atom. The van der Waals surface area contributed by atoms with Crippen LogP contribution in [0.25, 0.3) is 0 Å². The van der Waals surface area contributed by atoms with E-state index in [4.69, 9.17) is 0 Å². The Balaban J connectivity index is 1.95. The van der Waals surface area contributed by atoms with E-state index >= 15 is 0 Å². The van der Waals surface area contributed by atoms with Gasteiger partial charge in [-0.05, 0) is 47.1 Å². The molecule has 0 amide bonds. The lowest BCUT2D eigenvalue weighted by molar-refractivity contribution is -0.654. The summed E-state index contributed by atoms with van der Waals surface area (Å²) in [5, 5.41) is 14.7. The molecule has 0 radical (unpaired) electrons. The third kappa shape index (κ3) is 4.13. The van der Waals surface area contributed by atoms with Crippen LogP contribution in [0.5, 0.6) is 0 Å². The van der Waals surface area contributed by atoms with Crippen LogP contribution in [0.4, 0.5) is 16.5 Å². The Morgan fingerprint density at radius 3 is 2.63 bits per heavy atom. The first kappa shape index (κ1) is 13.7. The van der Waals surface area contributed by atoms with Crippen molar-refractivity contribution in [3.8, 4) is 0 Å². The zero-order chi connectivity index (χ0) is 13.5. The molecular weight excluding hydrogens is 256 g/mol. The summed E-state index contributed by atoms with van der Waals surface area (Å²) in [7, 11) is 1.96. The molecular formula is C14H19N4S+. The van der Waals surface area contributed by atoms with Gasteiger partial charge in [-0.25, -0.2) is 4.57 Å². The Morgan fingerprint density at radius 2 is 2.00 bits per heavy atom. The molecule has 0 fully saturated rings. The molecule has 0 aliphatic heterocycles. The van der Waals surface area contributed by atoms with E-state index in [2.05, 4.69) is 22.5 Å². The van der Waals surface area contributed by atoms with Crippen LogP contribution in [0.1, 0.15) is 19.8 Å². The molecule has 5 heteroatoms. The smallest absolute Gasteiger partial charge is 0.385 e. The van der Waals surface area contributed by atoms with Gasteiger partial charge in [0.2, 0.25) is 0 Å². The lowest BCUT2D eigenvalue weighted by Gasteiger charge is -2.04. The van der Waals surface area contributed by atoms with Crippen molar-refractivity contribution in [3.63, 3.8) is 0 Å². The highest BCUT2D eigenvalue weighted by atomic mass is 32.1. The van der Waals surface area contributed by atoms with Gasteiger partial charge in [0.15, 0.2) is 0 Å². The maximum atomic E-state index is 4.23. The first-order chi connectivity index (χ1) is 9.29. The van der Waals surface area contributed by atoms with Crippen LogP contribution < -0.4 is 9.88 Å². The standard InChI is InChI=1S/C14H18N4S/c1-3-4-9-15-12-5-7-13(8-6-12)16-17-14-18(2)10-11-19-14/h5-8,10-11H,3-4,9H2,1-2H3/p+1. The molecule has 0 spiro atoms. The van der Waals surface area contributed by atoms with Gasteiger partial charge in [0.25, 0.3) is 0 Å². The molecule has 2 aromatic rings. The summed E-state index contributed by atoms with van der Waals surface area (Å²) in [5.41, 5.74) is 2.00. The van der Waals surface area contributed by atoms with Gasteiger partial charge in [0.05, 0.1) is 12.2 Å². The molecule has 4 nitrogen and oxygen atoms in total. The minimum absolute atomic E-state index is 0.870. The highest BCUT2D eigenvalue weighted by Crippen LogP contribution is 2.20. The van der Waals surface area contributed by atoms with Crippen LogP contribution in [0.15, 0.2) is 46.1 Å². The molecule has 0 unspecified atom stereocenters. The number of benzene rings is 1. The maximum Gasteiger partial charge on any atom is 0.408 e. The molecule has 0 saturated heterocycles. The second-order valence-electron chi connectivity index (χ2n) is 4.32. The molecule has 0 atom stereocenters. The molecule has 0 aliphatic rings. The van der Waals surface area contributed by atoms with E-state index in [9.17, 15) is 0 Å². The van der Waals surface area contributed by atoms with Crippen molar-refractivity contribution in [2.24, 2.45) is 17.3 Å². The average molecular weight is 275 g/mol. The highest BCUT2D eigenvalue weighted by molar-refractivity contribution is 7.12. The van der Waals surface area contributed by atoms with Gasteiger partial charge in [0, 0.05) is 17.6 Å². The number of aryl methyl sites for hydroxylation is 1. The van der Waals surface area contributed by atoms with Gasteiger partial charge < -0.3 is 5.32 Å². The molecule has 100 valence electrons. The first-order valence-corrected chi connectivity index (χ1v) is 7.36. The normalized spacial score (nSPS) is 11.1. The average Bonchev–Trinajstić information content (AvgIpc) is 2.84. The number of hydrogen-bond acceptors (Lipinski definition) is 4. The molecule has 0 aliphatic carbocycles. The van der Waals surface area contributed by atoms with Crippen LogP contribution in [0.3, 0.4) is 0 Å². The molecule has 19 heavy (non-hydrogen) atoms. The first-order valence-electron chi connectivity index (χ1n) is 6.48. The number of azo groups is 1. The number of aromatic nitrogens is 1. The fourth-order valence-electron chi connectivity index (χ4n) is 1.58. The Labute approximate surface area is 117 Å². The summed E-state index contributed by atoms with van der Waals surface area (Å²) < 4.78 is 1.95. The van der Waals surface area contributed by atoms with Crippen LogP contribution >= 0.6 is 11.3 Å². The quantitative estimate of drug-likeness (QED) is 0.479. The van der Waals surface area contributed by atoms with E-state index in [0.29, 0.717) is 0 Å². The van der Waals surface area contributed by atoms with Crippen molar-refractivity contribution >= 4 is 27.8 Å². The van der Waals surface area contributed by atoms with Crippen molar-refractivity contribution in [2.75, 3.05) is 11.9 Å². The third-order valence-electron chi connectivity index (χ3n) is 2.74. The van der Waals surface area contributed by atoms with Crippen LogP contribution in [-0.2, 0) is 7.05 Å². The minimum Gasteiger partial charge on any atom is -0.385 e. The van der Waals surface area contributed by atoms with Gasteiger partial charge in [-0.1, -0.05) is 13.3 Å². The van der Waals surface area contributed by atoms with Gasteiger partial charge in [-0.3, -0.25) is 0 Å². The molecule has 2 rings (SSSR count). The van der Waals surface area contributed by atoms with Gasteiger partial charge in [-0.2, -0.15) is 0 Å². The van der Waals surface area contributed by atoms with E-state index in [1.165, 1.54) is 12.8 Å². The van der Waals surface area contributed by atoms with Crippen molar-refractivity contribution in [1.29, 1.82) is 0 Å². The maximum absolute atomic E-state index is 4.23. The second kappa shape index (κ2) is 6.99. The molecule has 0 saturated carbocycles. The summed E-state index contributed by atoms with van der Waals surface area (Å²) in [6.07, 6.45) is 4.37. The van der Waals surface area contributed by atoms with Crippen molar-refractivity contribution in [1.82, 2.24) is 0 Å². The summed E-state index contributed by atoms with van der Waals surface area (Å²) in [5.74, 6) is 0. The Bertz CT molecular complexity index is 531. The fourth-order valence-corrected chi connectivity index (χ4v) is 2.26. The third-order valence-corrected chi connectivity index (χ3v) is 3.58. The van der Waals surface area contributed by atoms with E-state index in [1.807, 2.05) is 47.5 Å². The minimum atomic E-state index is 0.870. The largest absolute Gasteiger partial charge is 0.408 e. The van der Waals surface area contributed by atoms with E-state index in [1.54, 1.807) is 11.3 Å². The monoisotopic (exact) mass is 275 g/mol.